The van der Waals surface area contributed by atoms with Gasteiger partial charge in [0.05, 0.1) is 7.11 Å². The number of hydrogen-bond donors (Lipinski definition) is 3. The van der Waals surface area contributed by atoms with Crippen LogP contribution in [0.1, 0.15) is 175 Å². The zero-order valence-electron chi connectivity index (χ0n) is 40.2. The van der Waals surface area contributed by atoms with Gasteiger partial charge in [0.2, 0.25) is 0 Å². The number of esters is 1. The first-order valence-electron chi connectivity index (χ1n) is 24.5. The number of carbonyl (C=O) groups excluding carboxylic acids is 2. The average Bonchev–Trinajstić information content (AvgIpc) is 3.33. The number of methoxy groups -OCH3 is 1. The number of carbonyl (C=O) groups is 3. The van der Waals surface area contributed by atoms with E-state index in [4.69, 9.17) is 14.9 Å². The van der Waals surface area contributed by atoms with E-state index in [1.807, 2.05) is 41.0 Å². The lowest BCUT2D eigenvalue weighted by Gasteiger charge is -2.22. The minimum Gasteiger partial charge on any atom is -0.477 e. The van der Waals surface area contributed by atoms with Crippen LogP contribution in [-0.2, 0) is 69.3 Å². The number of benzene rings is 1. The summed E-state index contributed by atoms with van der Waals surface area (Å²) in [4.78, 5) is 73.0. The molecule has 3 N–H and O–H groups in total. The quantitative estimate of drug-likeness (QED) is 0.0996. The Kier molecular flexibility index (Phi) is 22.4. The van der Waals surface area contributed by atoms with Crippen LogP contribution in [0.5, 0.6) is 0 Å². The number of rotatable bonds is 15. The summed E-state index contributed by atoms with van der Waals surface area (Å²) in [6.45, 7) is 10.8. The van der Waals surface area contributed by atoms with E-state index >= 15 is 0 Å². The summed E-state index contributed by atoms with van der Waals surface area (Å²) < 4.78 is 10.1. The normalized spacial score (nSPS) is 13.4. The Morgan fingerprint density at radius 1 is 0.591 bits per heavy atom. The van der Waals surface area contributed by atoms with E-state index in [1.54, 1.807) is 28.2 Å². The lowest BCUT2D eigenvalue weighted by molar-refractivity contribution is 0.0596. The highest BCUT2D eigenvalue weighted by molar-refractivity contribution is 5.94. The molecular weight excluding hydrogens is 837 g/mol. The van der Waals surface area contributed by atoms with Crippen LogP contribution in [0.4, 0.5) is 0 Å². The number of hydrogen-bond acceptors (Lipinski definition) is 8. The highest BCUT2D eigenvalue weighted by atomic mass is 16.5. The summed E-state index contributed by atoms with van der Waals surface area (Å²) >= 11 is 0. The van der Waals surface area contributed by atoms with Crippen LogP contribution < -0.4 is 22.0 Å². The van der Waals surface area contributed by atoms with Gasteiger partial charge in [0.15, 0.2) is 0 Å². The van der Waals surface area contributed by atoms with E-state index in [2.05, 4.69) is 26.1 Å². The van der Waals surface area contributed by atoms with Crippen molar-refractivity contribution in [1.82, 2.24) is 19.0 Å². The van der Waals surface area contributed by atoms with Crippen molar-refractivity contribution in [3.05, 3.63) is 136 Å². The number of amides is 1. The zero-order valence-corrected chi connectivity index (χ0v) is 40.2. The molecule has 360 valence electrons. The SMILES string of the molecule is CCCCn1c2c(cc(C(=O)NCCc3ccccc3)c1=O)CCCC2.CCCCn1c2c(cc(C(=O)O)c1=O)CCCC2.CCCCn1c2c(cc(C(=O)OC)c1=O)CCCC2.CCO. The molecule has 13 heteroatoms. The summed E-state index contributed by atoms with van der Waals surface area (Å²) in [5.74, 6) is -1.88. The number of nitrogens with one attached hydrogen (secondary N) is 1. The first-order valence-corrected chi connectivity index (χ1v) is 24.5. The van der Waals surface area contributed by atoms with Gasteiger partial charge in [0.25, 0.3) is 22.6 Å². The smallest absolute Gasteiger partial charge is 0.343 e. The molecular formula is C53H74N4O9. The Hall–Kier alpha value is -5.56. The molecule has 0 fully saturated rings. The molecule has 1 aromatic carbocycles. The van der Waals surface area contributed by atoms with Crippen molar-refractivity contribution < 1.29 is 29.3 Å². The van der Waals surface area contributed by atoms with Gasteiger partial charge in [0, 0.05) is 49.9 Å². The van der Waals surface area contributed by atoms with E-state index in [0.29, 0.717) is 31.7 Å². The van der Waals surface area contributed by atoms with Crippen LogP contribution in [0, 0.1) is 0 Å². The number of carboxylic acids is 1. The molecule has 13 nitrogen and oxygen atoms in total. The van der Waals surface area contributed by atoms with Crippen molar-refractivity contribution in [3.8, 4) is 0 Å². The van der Waals surface area contributed by atoms with Gasteiger partial charge in [-0.15, -0.1) is 0 Å². The number of pyridine rings is 3. The van der Waals surface area contributed by atoms with Gasteiger partial charge in [-0.25, -0.2) is 9.59 Å². The Morgan fingerprint density at radius 2 is 0.970 bits per heavy atom. The van der Waals surface area contributed by atoms with Crippen LogP contribution in [0.2, 0.25) is 0 Å². The average molecular weight is 911 g/mol. The number of fused-ring (bicyclic) bond motifs is 3. The molecule has 3 heterocycles. The van der Waals surface area contributed by atoms with Crippen molar-refractivity contribution >= 4 is 17.8 Å². The van der Waals surface area contributed by atoms with E-state index < -0.39 is 11.9 Å². The molecule has 0 aliphatic heterocycles. The molecule has 3 aliphatic carbocycles. The zero-order chi connectivity index (χ0) is 48.0. The van der Waals surface area contributed by atoms with Gasteiger partial charge in [-0.3, -0.25) is 19.2 Å². The Labute approximate surface area is 390 Å². The lowest BCUT2D eigenvalue weighted by atomic mass is 9.94. The molecule has 4 aromatic rings. The molecule has 1 amide bonds. The van der Waals surface area contributed by atoms with Crippen LogP contribution in [-0.4, -0.2) is 62.0 Å². The third-order valence-electron chi connectivity index (χ3n) is 12.4. The van der Waals surface area contributed by atoms with Crippen LogP contribution >= 0.6 is 0 Å². The van der Waals surface area contributed by atoms with Gasteiger partial charge in [-0.2, -0.15) is 0 Å². The number of aliphatic hydroxyl groups excluding tert-OH is 1. The molecule has 66 heavy (non-hydrogen) atoms. The maximum atomic E-state index is 12.9. The molecule has 3 aromatic heterocycles. The first-order chi connectivity index (χ1) is 31.9. The molecule has 0 radical (unpaired) electrons. The number of aryl methyl sites for hydroxylation is 3. The van der Waals surface area contributed by atoms with E-state index in [9.17, 15) is 28.8 Å². The highest BCUT2D eigenvalue weighted by Gasteiger charge is 2.23. The Morgan fingerprint density at radius 3 is 1.38 bits per heavy atom. The van der Waals surface area contributed by atoms with Crippen LogP contribution in [0.15, 0.2) is 62.9 Å². The van der Waals surface area contributed by atoms with Crippen molar-refractivity contribution in [2.24, 2.45) is 0 Å². The number of ether oxygens (including phenoxy) is 1. The number of aromatic carboxylic acids is 1. The molecule has 0 saturated heterocycles. The molecule has 0 spiro atoms. The fourth-order valence-corrected chi connectivity index (χ4v) is 8.93. The topological polar surface area (TPSA) is 179 Å². The standard InChI is InChI=1S/C22H28N2O2.C15H21NO3.C14H19NO3.C2H6O/c1-2-3-15-24-20-12-8-7-11-18(20)16-19(22(24)26)21(25)23-14-13-17-9-5-4-6-10-17;1-3-4-9-16-13-8-6-5-7-11(13)10-12(14(16)17)15(18)19-2;1-2-3-8-15-12-7-5-4-6-10(12)9-11(13(15)16)14(17)18;1-2-3/h4-6,9-10,16H,2-3,7-8,11-15H2,1H3,(H,23,25);10H,3-9H2,1-2H3;9H,2-8H2,1H3,(H,17,18);3H,2H2,1H3. The molecule has 7 rings (SSSR count). The number of aromatic nitrogens is 3. The van der Waals surface area contributed by atoms with Crippen molar-refractivity contribution in [2.75, 3.05) is 20.3 Å². The van der Waals surface area contributed by atoms with E-state index in [1.165, 1.54) is 18.2 Å². The summed E-state index contributed by atoms with van der Waals surface area (Å²) in [6.07, 6.45) is 18.9. The second-order valence-corrected chi connectivity index (χ2v) is 17.2. The van der Waals surface area contributed by atoms with Crippen molar-refractivity contribution in [2.45, 2.75) is 169 Å². The molecule has 0 atom stereocenters. The molecule has 0 bridgehead atoms. The second-order valence-electron chi connectivity index (χ2n) is 17.2. The number of unbranched alkanes of at least 4 members (excludes halogenated alkanes) is 3. The van der Waals surface area contributed by atoms with Gasteiger partial charge in [-0.05, 0) is 150 Å². The number of nitrogens with zero attached hydrogens (tertiary/aromatic N) is 3. The van der Waals surface area contributed by atoms with Gasteiger partial charge >= 0.3 is 11.9 Å². The predicted molar refractivity (Wildman–Crippen MR) is 260 cm³/mol. The van der Waals surface area contributed by atoms with Gasteiger partial charge in [0.1, 0.15) is 16.7 Å². The monoisotopic (exact) mass is 911 g/mol. The van der Waals surface area contributed by atoms with Crippen molar-refractivity contribution in [3.63, 3.8) is 0 Å². The van der Waals surface area contributed by atoms with Crippen LogP contribution in [0.25, 0.3) is 0 Å². The van der Waals surface area contributed by atoms with E-state index in [-0.39, 0.29) is 40.3 Å². The first kappa shape index (κ1) is 53.1. The fourth-order valence-electron chi connectivity index (χ4n) is 8.93. The van der Waals surface area contributed by atoms with Gasteiger partial charge < -0.3 is 34.0 Å². The molecule has 0 saturated carbocycles. The highest BCUT2D eigenvalue weighted by Crippen LogP contribution is 2.24. The van der Waals surface area contributed by atoms with Crippen LogP contribution in [0.3, 0.4) is 0 Å². The second kappa shape index (κ2) is 27.8. The van der Waals surface area contributed by atoms with E-state index in [0.717, 1.165) is 150 Å². The predicted octanol–water partition coefficient (Wildman–Crippen LogP) is 8.04. The molecule has 0 unspecified atom stereocenters. The summed E-state index contributed by atoms with van der Waals surface area (Å²) in [5, 5.41) is 19.6. The Balaban J connectivity index is 0.000000214. The number of aliphatic hydroxyl groups is 1. The maximum absolute atomic E-state index is 12.9. The Bertz CT molecular complexity index is 2400. The molecule has 3 aliphatic rings. The van der Waals surface area contributed by atoms with Gasteiger partial charge in [-0.1, -0.05) is 70.4 Å². The summed E-state index contributed by atoms with van der Waals surface area (Å²) in [5.41, 5.74) is 7.63. The van der Waals surface area contributed by atoms with Crippen molar-refractivity contribution in [1.29, 1.82) is 0 Å². The fraction of sp³-hybridized carbons (Fsp3) is 0.547. The number of carboxylic acid groups (broad SMARTS) is 1. The summed E-state index contributed by atoms with van der Waals surface area (Å²) in [6, 6.07) is 15.2. The lowest BCUT2D eigenvalue weighted by Crippen LogP contribution is -2.36. The minimum absolute atomic E-state index is 0.0771. The maximum Gasteiger partial charge on any atom is 0.343 e. The third kappa shape index (κ3) is 14.5. The minimum atomic E-state index is -1.11. The third-order valence-corrected chi connectivity index (χ3v) is 12.4. The largest absolute Gasteiger partial charge is 0.477 e. The summed E-state index contributed by atoms with van der Waals surface area (Å²) in [7, 11) is 1.32.